The van der Waals surface area contributed by atoms with Crippen LogP contribution in [-0.2, 0) is 11.2 Å². The van der Waals surface area contributed by atoms with Crippen LogP contribution in [0, 0.1) is 5.82 Å². The Bertz CT molecular complexity index is 364. The van der Waals surface area contributed by atoms with Gasteiger partial charge < -0.3 is 9.64 Å². The molecule has 0 bridgehead atoms. The second-order valence-electron chi connectivity index (χ2n) is 3.43. The van der Waals surface area contributed by atoms with Gasteiger partial charge in [-0.25, -0.2) is 4.39 Å². The molecule has 1 rings (SSSR count). The van der Waals surface area contributed by atoms with Crippen LogP contribution in [0.3, 0.4) is 0 Å². The average molecular weight is 211 g/mol. The van der Waals surface area contributed by atoms with Crippen molar-refractivity contribution in [3.8, 4) is 5.75 Å². The van der Waals surface area contributed by atoms with Gasteiger partial charge in [0.05, 0.1) is 13.5 Å². The lowest BCUT2D eigenvalue weighted by Crippen LogP contribution is -2.23. The number of ether oxygens (including phenoxy) is 1. The molecule has 0 aliphatic carbocycles. The number of likely N-dealkylation sites (N-methyl/N-ethyl adjacent to an activating group) is 1. The van der Waals surface area contributed by atoms with Crippen LogP contribution in [0.25, 0.3) is 0 Å². The van der Waals surface area contributed by atoms with E-state index in [0.717, 1.165) is 0 Å². The molecule has 82 valence electrons. The maximum Gasteiger partial charge on any atom is 0.226 e. The minimum Gasteiger partial charge on any atom is -0.494 e. The van der Waals surface area contributed by atoms with E-state index in [4.69, 9.17) is 4.74 Å². The van der Waals surface area contributed by atoms with E-state index >= 15 is 0 Å². The van der Waals surface area contributed by atoms with E-state index in [1.54, 1.807) is 20.2 Å². The molecule has 3 nitrogen and oxygen atoms in total. The number of carbonyl (C=O) groups excluding carboxylic acids is 1. The van der Waals surface area contributed by atoms with Gasteiger partial charge in [0.2, 0.25) is 5.91 Å². The van der Waals surface area contributed by atoms with Crippen molar-refractivity contribution in [1.82, 2.24) is 4.90 Å². The fraction of sp³-hybridized carbons (Fsp3) is 0.364. The van der Waals surface area contributed by atoms with Crippen molar-refractivity contribution in [1.29, 1.82) is 0 Å². The van der Waals surface area contributed by atoms with Crippen LogP contribution in [0.1, 0.15) is 5.56 Å². The normalized spacial score (nSPS) is 9.87. The van der Waals surface area contributed by atoms with Crippen molar-refractivity contribution >= 4 is 5.91 Å². The highest BCUT2D eigenvalue weighted by Crippen LogP contribution is 2.18. The molecule has 4 heteroatoms. The summed E-state index contributed by atoms with van der Waals surface area (Å²) in [5, 5.41) is 0. The minimum absolute atomic E-state index is 0.0560. The molecule has 0 aliphatic heterocycles. The molecule has 1 aromatic carbocycles. The van der Waals surface area contributed by atoms with E-state index in [0.29, 0.717) is 5.56 Å². The molecule has 0 N–H and O–H groups in total. The molecule has 0 saturated heterocycles. The first-order valence-electron chi connectivity index (χ1n) is 4.57. The summed E-state index contributed by atoms with van der Waals surface area (Å²) in [6.07, 6.45) is 0.202. The van der Waals surface area contributed by atoms with Gasteiger partial charge in [0.15, 0.2) is 11.6 Å². The highest BCUT2D eigenvalue weighted by molar-refractivity contribution is 5.78. The van der Waals surface area contributed by atoms with Gasteiger partial charge in [-0.1, -0.05) is 6.07 Å². The predicted molar refractivity (Wildman–Crippen MR) is 55.4 cm³/mol. The van der Waals surface area contributed by atoms with E-state index in [1.807, 2.05) is 0 Å². The van der Waals surface area contributed by atoms with Crippen LogP contribution >= 0.6 is 0 Å². The minimum atomic E-state index is -0.443. The Labute approximate surface area is 88.5 Å². The first kappa shape index (κ1) is 11.5. The van der Waals surface area contributed by atoms with E-state index < -0.39 is 5.82 Å². The molecule has 1 aromatic rings. The third-order valence-electron chi connectivity index (χ3n) is 2.07. The van der Waals surface area contributed by atoms with Crippen LogP contribution in [0.5, 0.6) is 5.75 Å². The number of carbonyl (C=O) groups is 1. The molecule has 1 amide bonds. The van der Waals surface area contributed by atoms with E-state index in [1.165, 1.54) is 24.1 Å². The monoisotopic (exact) mass is 211 g/mol. The highest BCUT2D eigenvalue weighted by Gasteiger charge is 2.08. The molecule has 0 unspecified atom stereocenters. The Morgan fingerprint density at radius 2 is 2.13 bits per heavy atom. The summed E-state index contributed by atoms with van der Waals surface area (Å²) in [5.74, 6) is -0.308. The third kappa shape index (κ3) is 2.94. The summed E-state index contributed by atoms with van der Waals surface area (Å²) >= 11 is 0. The van der Waals surface area contributed by atoms with Crippen molar-refractivity contribution in [2.24, 2.45) is 0 Å². The van der Waals surface area contributed by atoms with Crippen molar-refractivity contribution in [2.45, 2.75) is 6.42 Å². The van der Waals surface area contributed by atoms with Crippen molar-refractivity contribution in [3.63, 3.8) is 0 Å². The number of nitrogens with zero attached hydrogens (tertiary/aromatic N) is 1. The molecule has 0 fully saturated rings. The van der Waals surface area contributed by atoms with E-state index in [-0.39, 0.29) is 18.1 Å². The Balaban J connectivity index is 2.80. The van der Waals surface area contributed by atoms with Crippen molar-refractivity contribution < 1.29 is 13.9 Å². The lowest BCUT2D eigenvalue weighted by molar-refractivity contribution is -0.127. The Morgan fingerprint density at radius 1 is 1.47 bits per heavy atom. The maximum absolute atomic E-state index is 13.3. The van der Waals surface area contributed by atoms with Crippen LogP contribution in [0.15, 0.2) is 18.2 Å². The maximum atomic E-state index is 13.3. The fourth-order valence-corrected chi connectivity index (χ4v) is 1.15. The SMILES string of the molecule is COc1ccc(CC(=O)N(C)C)cc1F. The summed E-state index contributed by atoms with van der Waals surface area (Å²) < 4.78 is 18.0. The zero-order valence-corrected chi connectivity index (χ0v) is 9.08. The van der Waals surface area contributed by atoms with Gasteiger partial charge in [0.25, 0.3) is 0 Å². The van der Waals surface area contributed by atoms with Gasteiger partial charge in [-0.15, -0.1) is 0 Å². The molecule has 0 radical (unpaired) electrons. The standard InChI is InChI=1S/C11H14FNO2/c1-13(2)11(14)7-8-4-5-10(15-3)9(12)6-8/h4-6H,7H2,1-3H3. The molecule has 0 heterocycles. The Hall–Kier alpha value is -1.58. The highest BCUT2D eigenvalue weighted by atomic mass is 19.1. The van der Waals surface area contributed by atoms with Gasteiger partial charge in [-0.2, -0.15) is 0 Å². The molecular weight excluding hydrogens is 197 g/mol. The smallest absolute Gasteiger partial charge is 0.226 e. The van der Waals surface area contributed by atoms with Gasteiger partial charge in [-0.05, 0) is 17.7 Å². The first-order chi connectivity index (χ1) is 7.04. The topological polar surface area (TPSA) is 29.5 Å². The van der Waals surface area contributed by atoms with Crippen LogP contribution in [0.2, 0.25) is 0 Å². The van der Waals surface area contributed by atoms with Crippen LogP contribution < -0.4 is 4.74 Å². The zero-order chi connectivity index (χ0) is 11.4. The Morgan fingerprint density at radius 3 is 2.60 bits per heavy atom. The molecule has 15 heavy (non-hydrogen) atoms. The van der Waals surface area contributed by atoms with Gasteiger partial charge in [0.1, 0.15) is 0 Å². The van der Waals surface area contributed by atoms with E-state index in [2.05, 4.69) is 0 Å². The second kappa shape index (κ2) is 4.77. The zero-order valence-electron chi connectivity index (χ0n) is 9.08. The lowest BCUT2D eigenvalue weighted by atomic mass is 10.1. The number of rotatable bonds is 3. The quantitative estimate of drug-likeness (QED) is 0.757. The summed E-state index contributed by atoms with van der Waals surface area (Å²) in [7, 11) is 4.74. The molecule has 0 saturated carbocycles. The third-order valence-corrected chi connectivity index (χ3v) is 2.07. The number of methoxy groups -OCH3 is 1. The molecule has 0 atom stereocenters. The van der Waals surface area contributed by atoms with Gasteiger partial charge >= 0.3 is 0 Å². The second-order valence-corrected chi connectivity index (χ2v) is 3.43. The number of halogens is 1. The summed E-state index contributed by atoms with van der Waals surface area (Å²) in [4.78, 5) is 12.8. The Kier molecular flexibility index (Phi) is 3.66. The summed E-state index contributed by atoms with van der Waals surface area (Å²) in [6, 6.07) is 4.52. The number of hydrogen-bond acceptors (Lipinski definition) is 2. The first-order valence-corrected chi connectivity index (χ1v) is 4.57. The van der Waals surface area contributed by atoms with E-state index in [9.17, 15) is 9.18 Å². The van der Waals surface area contributed by atoms with Gasteiger partial charge in [-0.3, -0.25) is 4.79 Å². The lowest BCUT2D eigenvalue weighted by Gasteiger charge is -2.10. The van der Waals surface area contributed by atoms with Crippen molar-refractivity contribution in [3.05, 3.63) is 29.6 Å². The van der Waals surface area contributed by atoms with Crippen LogP contribution in [-0.4, -0.2) is 32.0 Å². The number of hydrogen-bond donors (Lipinski definition) is 0. The summed E-state index contributed by atoms with van der Waals surface area (Å²) in [5.41, 5.74) is 0.645. The largest absolute Gasteiger partial charge is 0.494 e. The number of benzene rings is 1. The molecule has 0 aromatic heterocycles. The molecule has 0 aliphatic rings. The summed E-state index contributed by atoms with van der Waals surface area (Å²) in [6.45, 7) is 0. The number of amides is 1. The fourth-order valence-electron chi connectivity index (χ4n) is 1.15. The predicted octanol–water partition coefficient (Wildman–Crippen LogP) is 1.47. The molecule has 0 spiro atoms. The van der Waals surface area contributed by atoms with Crippen molar-refractivity contribution in [2.75, 3.05) is 21.2 Å². The average Bonchev–Trinajstić information content (AvgIpc) is 2.18. The molecular formula is C11H14FNO2. The van der Waals surface area contributed by atoms with Gasteiger partial charge in [0, 0.05) is 14.1 Å². The van der Waals surface area contributed by atoms with Crippen LogP contribution in [0.4, 0.5) is 4.39 Å².